The van der Waals surface area contributed by atoms with Gasteiger partial charge in [0.25, 0.3) is 0 Å². The average Bonchev–Trinajstić information content (AvgIpc) is 2.33. The van der Waals surface area contributed by atoms with Crippen molar-refractivity contribution in [2.24, 2.45) is 0 Å². The number of hydrogen-bond acceptors (Lipinski definition) is 3. The summed E-state index contributed by atoms with van der Waals surface area (Å²) in [6, 6.07) is 4.41. The Bertz CT molecular complexity index is 481. The summed E-state index contributed by atoms with van der Waals surface area (Å²) in [4.78, 5) is 24.0. The molecule has 1 aliphatic rings. The Kier molecular flexibility index (Phi) is 3.57. The van der Waals surface area contributed by atoms with E-state index in [0.717, 1.165) is 17.0 Å². The van der Waals surface area contributed by atoms with Crippen LogP contribution >= 0.6 is 0 Å². The Labute approximate surface area is 107 Å². The number of imide groups is 1. The number of nitrogens with zero attached hydrogens (tertiary/aromatic N) is 1. The summed E-state index contributed by atoms with van der Waals surface area (Å²) in [7, 11) is 0. The third kappa shape index (κ3) is 3.11. The molecule has 1 aliphatic heterocycles. The van der Waals surface area contributed by atoms with Crippen LogP contribution in [-0.4, -0.2) is 29.8 Å². The molecule has 0 unspecified atom stereocenters. The van der Waals surface area contributed by atoms with Crippen molar-refractivity contribution >= 4 is 11.8 Å². The molecule has 0 aromatic heterocycles. The normalized spacial score (nSPS) is 16.9. The third-order valence-electron chi connectivity index (χ3n) is 2.78. The number of amides is 2. The zero-order valence-electron chi connectivity index (χ0n) is 9.83. The second kappa shape index (κ2) is 5.00. The maximum absolute atomic E-state index is 12.4. The minimum atomic E-state index is -4.39. The lowest BCUT2D eigenvalue weighted by Gasteiger charge is -2.25. The van der Waals surface area contributed by atoms with E-state index in [1.54, 1.807) is 0 Å². The summed E-state index contributed by atoms with van der Waals surface area (Å²) in [6.07, 6.45) is -4.39. The van der Waals surface area contributed by atoms with E-state index in [-0.39, 0.29) is 31.4 Å². The van der Waals surface area contributed by atoms with Crippen molar-refractivity contribution < 1.29 is 22.8 Å². The molecule has 1 heterocycles. The standard InChI is InChI=1S/C12H11F3N2O2/c13-12(14,15)9-3-1-8(2-4-9)7-17-10(18)5-16-6-11(17)19/h1-4,16H,5-7H2. The first kappa shape index (κ1) is 13.5. The van der Waals surface area contributed by atoms with Gasteiger partial charge in [-0.2, -0.15) is 13.2 Å². The number of carbonyl (C=O) groups is 2. The van der Waals surface area contributed by atoms with Crippen molar-refractivity contribution in [2.45, 2.75) is 12.7 Å². The fraction of sp³-hybridized carbons (Fsp3) is 0.333. The average molecular weight is 272 g/mol. The molecule has 7 heteroatoms. The number of halogens is 3. The van der Waals surface area contributed by atoms with Gasteiger partial charge in [-0.15, -0.1) is 0 Å². The Hall–Kier alpha value is -1.89. The molecule has 4 nitrogen and oxygen atoms in total. The molecule has 1 aromatic carbocycles. The van der Waals surface area contributed by atoms with E-state index in [9.17, 15) is 22.8 Å². The maximum Gasteiger partial charge on any atom is 0.416 e. The van der Waals surface area contributed by atoms with Gasteiger partial charge in [-0.1, -0.05) is 12.1 Å². The molecule has 1 fully saturated rings. The predicted molar refractivity (Wildman–Crippen MR) is 59.9 cm³/mol. The number of hydrogen-bond donors (Lipinski definition) is 1. The van der Waals surface area contributed by atoms with Gasteiger partial charge < -0.3 is 0 Å². The Morgan fingerprint density at radius 3 is 2.05 bits per heavy atom. The molecule has 0 radical (unpaired) electrons. The van der Waals surface area contributed by atoms with Crippen molar-refractivity contribution in [3.63, 3.8) is 0 Å². The van der Waals surface area contributed by atoms with Crippen LogP contribution in [0.5, 0.6) is 0 Å². The highest BCUT2D eigenvalue weighted by Crippen LogP contribution is 2.29. The van der Waals surface area contributed by atoms with Gasteiger partial charge in [0.2, 0.25) is 11.8 Å². The first-order valence-corrected chi connectivity index (χ1v) is 5.58. The van der Waals surface area contributed by atoms with E-state index in [0.29, 0.717) is 5.56 Å². The van der Waals surface area contributed by atoms with Crippen molar-refractivity contribution in [3.05, 3.63) is 35.4 Å². The fourth-order valence-electron chi connectivity index (χ4n) is 1.76. The lowest BCUT2D eigenvalue weighted by molar-refractivity contribution is -0.147. The largest absolute Gasteiger partial charge is 0.416 e. The molecular weight excluding hydrogens is 261 g/mol. The number of alkyl halides is 3. The quantitative estimate of drug-likeness (QED) is 0.822. The molecule has 1 N–H and O–H groups in total. The third-order valence-corrected chi connectivity index (χ3v) is 2.78. The lowest BCUT2D eigenvalue weighted by atomic mass is 10.1. The lowest BCUT2D eigenvalue weighted by Crippen LogP contribution is -2.51. The first-order chi connectivity index (χ1) is 8.88. The summed E-state index contributed by atoms with van der Waals surface area (Å²) in [5, 5.41) is 2.64. The molecule has 2 rings (SSSR count). The van der Waals surface area contributed by atoms with Crippen molar-refractivity contribution in [1.82, 2.24) is 10.2 Å². The predicted octanol–water partition coefficient (Wildman–Crippen LogP) is 1.16. The van der Waals surface area contributed by atoms with Crippen LogP contribution < -0.4 is 5.32 Å². The molecule has 19 heavy (non-hydrogen) atoms. The molecular formula is C12H11F3N2O2. The molecule has 0 aliphatic carbocycles. The highest BCUT2D eigenvalue weighted by atomic mass is 19.4. The van der Waals surface area contributed by atoms with Crippen LogP contribution in [0, 0.1) is 0 Å². The molecule has 1 aromatic rings. The minimum Gasteiger partial charge on any atom is -0.300 e. The second-order valence-corrected chi connectivity index (χ2v) is 4.17. The molecule has 0 bridgehead atoms. The number of benzene rings is 1. The van der Waals surface area contributed by atoms with Gasteiger partial charge in [-0.3, -0.25) is 19.8 Å². The molecule has 0 spiro atoms. The summed E-state index contributed by atoms with van der Waals surface area (Å²) < 4.78 is 37.1. The van der Waals surface area contributed by atoms with E-state index in [1.807, 2.05) is 0 Å². The van der Waals surface area contributed by atoms with Crippen LogP contribution in [0.15, 0.2) is 24.3 Å². The molecule has 102 valence electrons. The van der Waals surface area contributed by atoms with Crippen LogP contribution in [0.3, 0.4) is 0 Å². The topological polar surface area (TPSA) is 49.4 Å². The summed E-state index contributed by atoms with van der Waals surface area (Å²) in [6.45, 7) is 0.121. The van der Waals surface area contributed by atoms with Gasteiger partial charge in [0.15, 0.2) is 0 Å². The molecule has 2 amide bonds. The number of carbonyl (C=O) groups excluding carboxylic acids is 2. The summed E-state index contributed by atoms with van der Waals surface area (Å²) in [5.41, 5.74) is -0.272. The summed E-state index contributed by atoms with van der Waals surface area (Å²) in [5.74, 6) is -0.757. The Morgan fingerprint density at radius 1 is 1.05 bits per heavy atom. The van der Waals surface area contributed by atoms with Gasteiger partial charge in [-0.25, -0.2) is 0 Å². The van der Waals surface area contributed by atoms with E-state index < -0.39 is 11.7 Å². The van der Waals surface area contributed by atoms with Crippen molar-refractivity contribution in [2.75, 3.05) is 13.1 Å². The van der Waals surface area contributed by atoms with E-state index in [2.05, 4.69) is 5.32 Å². The second-order valence-electron chi connectivity index (χ2n) is 4.17. The Morgan fingerprint density at radius 2 is 1.58 bits per heavy atom. The van der Waals surface area contributed by atoms with E-state index >= 15 is 0 Å². The number of nitrogens with one attached hydrogen (secondary N) is 1. The SMILES string of the molecule is O=C1CNCC(=O)N1Cc1ccc(C(F)(F)F)cc1. The van der Waals surface area contributed by atoms with Crippen LogP contribution in [0.1, 0.15) is 11.1 Å². The monoisotopic (exact) mass is 272 g/mol. The van der Waals surface area contributed by atoms with Gasteiger partial charge >= 0.3 is 6.18 Å². The molecule has 0 atom stereocenters. The first-order valence-electron chi connectivity index (χ1n) is 5.58. The highest BCUT2D eigenvalue weighted by molar-refractivity contribution is 5.99. The smallest absolute Gasteiger partial charge is 0.300 e. The number of rotatable bonds is 2. The summed E-state index contributed by atoms with van der Waals surface area (Å²) >= 11 is 0. The van der Waals surface area contributed by atoms with Crippen LogP contribution in [0.25, 0.3) is 0 Å². The van der Waals surface area contributed by atoms with Gasteiger partial charge in [0, 0.05) is 0 Å². The van der Waals surface area contributed by atoms with Gasteiger partial charge in [0.1, 0.15) is 0 Å². The number of piperazine rings is 1. The van der Waals surface area contributed by atoms with E-state index in [4.69, 9.17) is 0 Å². The highest BCUT2D eigenvalue weighted by Gasteiger charge is 2.30. The van der Waals surface area contributed by atoms with Gasteiger partial charge in [-0.05, 0) is 17.7 Å². The van der Waals surface area contributed by atoms with Crippen LogP contribution in [-0.2, 0) is 22.3 Å². The zero-order chi connectivity index (χ0) is 14.0. The van der Waals surface area contributed by atoms with Crippen LogP contribution in [0.4, 0.5) is 13.2 Å². The van der Waals surface area contributed by atoms with Gasteiger partial charge in [0.05, 0.1) is 25.2 Å². The molecule has 0 saturated carbocycles. The maximum atomic E-state index is 12.4. The molecule has 1 saturated heterocycles. The zero-order valence-corrected chi connectivity index (χ0v) is 9.83. The minimum absolute atomic E-state index is 0.00250. The fourth-order valence-corrected chi connectivity index (χ4v) is 1.76. The van der Waals surface area contributed by atoms with Crippen LogP contribution in [0.2, 0.25) is 0 Å². The van der Waals surface area contributed by atoms with Crippen molar-refractivity contribution in [3.8, 4) is 0 Å². The van der Waals surface area contributed by atoms with Crippen molar-refractivity contribution in [1.29, 1.82) is 0 Å². The Balaban J connectivity index is 2.11. The van der Waals surface area contributed by atoms with E-state index in [1.165, 1.54) is 12.1 Å².